The van der Waals surface area contributed by atoms with Crippen molar-refractivity contribution in [2.45, 2.75) is 26.7 Å². The van der Waals surface area contributed by atoms with Gasteiger partial charge in [0.1, 0.15) is 6.33 Å². The van der Waals surface area contributed by atoms with Crippen LogP contribution in [0.25, 0.3) is 5.78 Å². The highest BCUT2D eigenvalue weighted by Crippen LogP contribution is 2.10. The molecular formula is C10H14N4. The van der Waals surface area contributed by atoms with E-state index in [9.17, 15) is 0 Å². The van der Waals surface area contributed by atoms with Crippen LogP contribution in [0.1, 0.15) is 26.0 Å². The van der Waals surface area contributed by atoms with Crippen LogP contribution in [-0.4, -0.2) is 19.6 Å². The van der Waals surface area contributed by atoms with E-state index in [-0.39, 0.29) is 0 Å². The van der Waals surface area contributed by atoms with Crippen molar-refractivity contribution in [3.63, 3.8) is 0 Å². The topological polar surface area (TPSA) is 43.1 Å². The summed E-state index contributed by atoms with van der Waals surface area (Å²) < 4.78 is 1.81. The van der Waals surface area contributed by atoms with Crippen LogP contribution in [-0.2, 0) is 6.42 Å². The lowest BCUT2D eigenvalue weighted by molar-refractivity contribution is 0.544. The van der Waals surface area contributed by atoms with Gasteiger partial charge in [-0.2, -0.15) is 10.1 Å². The molecule has 0 spiro atoms. The minimum Gasteiger partial charge on any atom is -0.220 e. The van der Waals surface area contributed by atoms with E-state index in [1.54, 1.807) is 12.5 Å². The molecule has 0 bridgehead atoms. The fourth-order valence-corrected chi connectivity index (χ4v) is 1.44. The Morgan fingerprint density at radius 3 is 3.07 bits per heavy atom. The fourth-order valence-electron chi connectivity index (χ4n) is 1.44. The lowest BCUT2D eigenvalue weighted by Gasteiger charge is -2.08. The van der Waals surface area contributed by atoms with Crippen molar-refractivity contribution in [3.05, 3.63) is 24.3 Å². The summed E-state index contributed by atoms with van der Waals surface area (Å²) in [5.41, 5.74) is 1.18. The van der Waals surface area contributed by atoms with E-state index >= 15 is 0 Å². The highest BCUT2D eigenvalue weighted by atomic mass is 15.3. The normalized spacial score (nSPS) is 13.3. The molecule has 14 heavy (non-hydrogen) atoms. The smallest absolute Gasteiger partial charge is 0.220 e. The summed E-state index contributed by atoms with van der Waals surface area (Å²) >= 11 is 0. The third kappa shape index (κ3) is 1.60. The molecule has 1 atom stereocenters. The lowest BCUT2D eigenvalue weighted by atomic mass is 10.0. The van der Waals surface area contributed by atoms with Crippen LogP contribution < -0.4 is 0 Å². The maximum atomic E-state index is 4.15. The molecule has 2 heterocycles. The van der Waals surface area contributed by atoms with E-state index in [0.717, 1.165) is 6.42 Å². The molecule has 2 aromatic rings. The Hall–Kier alpha value is -1.45. The molecular weight excluding hydrogens is 176 g/mol. The van der Waals surface area contributed by atoms with Crippen LogP contribution in [0, 0.1) is 5.92 Å². The standard InChI is InChI=1S/C10H14N4/c1-3-8(2)6-9-4-5-11-10-12-7-13-14(9)10/h4-5,7-8H,3,6H2,1-2H3. The van der Waals surface area contributed by atoms with Gasteiger partial charge in [-0.15, -0.1) is 0 Å². The van der Waals surface area contributed by atoms with Crippen LogP contribution in [0.5, 0.6) is 0 Å². The van der Waals surface area contributed by atoms with Crippen LogP contribution in [0.2, 0.25) is 0 Å². The van der Waals surface area contributed by atoms with Crippen molar-refractivity contribution >= 4 is 5.78 Å². The zero-order chi connectivity index (χ0) is 9.97. The summed E-state index contributed by atoms with van der Waals surface area (Å²) in [4.78, 5) is 8.18. The van der Waals surface area contributed by atoms with Gasteiger partial charge in [0, 0.05) is 11.9 Å². The molecule has 0 N–H and O–H groups in total. The maximum absolute atomic E-state index is 4.15. The third-order valence-electron chi connectivity index (χ3n) is 2.51. The molecule has 0 aliphatic heterocycles. The predicted octanol–water partition coefficient (Wildman–Crippen LogP) is 1.71. The molecule has 0 amide bonds. The van der Waals surface area contributed by atoms with Gasteiger partial charge in [0.15, 0.2) is 0 Å². The number of fused-ring (bicyclic) bond motifs is 1. The Bertz CT molecular complexity index is 421. The Morgan fingerprint density at radius 1 is 1.43 bits per heavy atom. The second-order valence-corrected chi connectivity index (χ2v) is 3.63. The van der Waals surface area contributed by atoms with E-state index in [0.29, 0.717) is 11.7 Å². The molecule has 1 unspecified atom stereocenters. The van der Waals surface area contributed by atoms with Gasteiger partial charge in [-0.25, -0.2) is 9.50 Å². The van der Waals surface area contributed by atoms with E-state index in [2.05, 4.69) is 28.9 Å². The SMILES string of the molecule is CCC(C)Cc1ccnc2ncnn12. The van der Waals surface area contributed by atoms with Crippen molar-refractivity contribution in [2.24, 2.45) is 5.92 Å². The summed E-state index contributed by atoms with van der Waals surface area (Å²) in [6, 6.07) is 2.01. The summed E-state index contributed by atoms with van der Waals surface area (Å²) in [5.74, 6) is 1.36. The number of hydrogen-bond acceptors (Lipinski definition) is 3. The van der Waals surface area contributed by atoms with Gasteiger partial charge in [-0.05, 0) is 18.4 Å². The molecule has 0 saturated carbocycles. The minimum absolute atomic E-state index is 0.671. The van der Waals surface area contributed by atoms with Gasteiger partial charge in [0.2, 0.25) is 0 Å². The fraction of sp³-hybridized carbons (Fsp3) is 0.500. The quantitative estimate of drug-likeness (QED) is 0.740. The summed E-state index contributed by atoms with van der Waals surface area (Å²) in [7, 11) is 0. The zero-order valence-electron chi connectivity index (χ0n) is 8.51. The Labute approximate surface area is 83.0 Å². The van der Waals surface area contributed by atoms with Crippen molar-refractivity contribution in [3.8, 4) is 0 Å². The molecule has 4 nitrogen and oxygen atoms in total. The van der Waals surface area contributed by atoms with Gasteiger partial charge in [-0.1, -0.05) is 20.3 Å². The van der Waals surface area contributed by atoms with E-state index < -0.39 is 0 Å². The average molecular weight is 190 g/mol. The highest BCUT2D eigenvalue weighted by Gasteiger charge is 2.06. The van der Waals surface area contributed by atoms with Crippen LogP contribution in [0.3, 0.4) is 0 Å². The summed E-state index contributed by atoms with van der Waals surface area (Å²) in [5, 5.41) is 4.15. The second-order valence-electron chi connectivity index (χ2n) is 3.63. The summed E-state index contributed by atoms with van der Waals surface area (Å²) in [6.07, 6.45) is 5.54. The number of hydrogen-bond donors (Lipinski definition) is 0. The first-order valence-corrected chi connectivity index (χ1v) is 4.95. The molecule has 0 aliphatic carbocycles. The number of rotatable bonds is 3. The monoisotopic (exact) mass is 190 g/mol. The van der Waals surface area contributed by atoms with Crippen LogP contribution >= 0.6 is 0 Å². The minimum atomic E-state index is 0.671. The van der Waals surface area contributed by atoms with E-state index in [1.165, 1.54) is 12.1 Å². The maximum Gasteiger partial charge on any atom is 0.252 e. The molecule has 0 aromatic carbocycles. The lowest BCUT2D eigenvalue weighted by Crippen LogP contribution is -2.05. The Kier molecular flexibility index (Phi) is 2.43. The molecule has 0 saturated heterocycles. The second kappa shape index (κ2) is 3.74. The van der Waals surface area contributed by atoms with E-state index in [4.69, 9.17) is 0 Å². The van der Waals surface area contributed by atoms with Gasteiger partial charge in [0.05, 0.1) is 0 Å². The molecule has 2 rings (SSSR count). The van der Waals surface area contributed by atoms with Crippen molar-refractivity contribution in [1.29, 1.82) is 0 Å². The molecule has 0 aliphatic rings. The molecule has 2 aromatic heterocycles. The Morgan fingerprint density at radius 2 is 2.29 bits per heavy atom. The van der Waals surface area contributed by atoms with Gasteiger partial charge < -0.3 is 0 Å². The largest absolute Gasteiger partial charge is 0.252 e. The number of aromatic nitrogens is 4. The van der Waals surface area contributed by atoms with E-state index in [1.807, 2.05) is 10.6 Å². The predicted molar refractivity (Wildman–Crippen MR) is 53.9 cm³/mol. The van der Waals surface area contributed by atoms with Crippen molar-refractivity contribution < 1.29 is 0 Å². The van der Waals surface area contributed by atoms with Crippen LogP contribution in [0.4, 0.5) is 0 Å². The molecule has 74 valence electrons. The van der Waals surface area contributed by atoms with Crippen LogP contribution in [0.15, 0.2) is 18.6 Å². The van der Waals surface area contributed by atoms with Crippen molar-refractivity contribution in [2.75, 3.05) is 0 Å². The molecule has 4 heteroatoms. The Balaban J connectivity index is 2.36. The van der Waals surface area contributed by atoms with Gasteiger partial charge in [0.25, 0.3) is 5.78 Å². The van der Waals surface area contributed by atoms with Gasteiger partial charge >= 0.3 is 0 Å². The average Bonchev–Trinajstić information content (AvgIpc) is 2.66. The van der Waals surface area contributed by atoms with Gasteiger partial charge in [-0.3, -0.25) is 0 Å². The first-order chi connectivity index (χ1) is 6.81. The summed E-state index contributed by atoms with van der Waals surface area (Å²) in [6.45, 7) is 4.44. The highest BCUT2D eigenvalue weighted by molar-refractivity contribution is 5.26. The first-order valence-electron chi connectivity index (χ1n) is 4.95. The molecule has 0 radical (unpaired) electrons. The number of nitrogens with zero attached hydrogens (tertiary/aromatic N) is 4. The third-order valence-corrected chi connectivity index (χ3v) is 2.51. The zero-order valence-corrected chi connectivity index (χ0v) is 8.51. The first kappa shape index (κ1) is 9.12. The van der Waals surface area contributed by atoms with Crippen molar-refractivity contribution in [1.82, 2.24) is 19.6 Å². The molecule has 0 fully saturated rings.